The third-order valence-electron chi connectivity index (χ3n) is 7.54. The molecule has 4 unspecified atom stereocenters. The van der Waals surface area contributed by atoms with Crippen molar-refractivity contribution in [2.75, 3.05) is 18.9 Å². The molecule has 1 aromatic carbocycles. The summed E-state index contributed by atoms with van der Waals surface area (Å²) in [6, 6.07) is 4.90. The van der Waals surface area contributed by atoms with E-state index in [1.165, 1.54) is 33.5 Å². The van der Waals surface area contributed by atoms with Gasteiger partial charge in [0.05, 0.1) is 17.1 Å². The summed E-state index contributed by atoms with van der Waals surface area (Å²) in [5, 5.41) is 16.1. The normalized spacial score (nSPS) is 38.4. The van der Waals surface area contributed by atoms with Crippen LogP contribution in [0.4, 0.5) is 5.69 Å². The number of aliphatic hydroxyl groups is 1. The lowest BCUT2D eigenvalue weighted by atomic mass is 9.48. The summed E-state index contributed by atoms with van der Waals surface area (Å²) < 4.78 is 1.07. The number of anilines is 1. The summed E-state index contributed by atoms with van der Waals surface area (Å²) in [4.78, 5) is 2.39. The molecule has 25 heavy (non-hydrogen) atoms. The SMILES string of the molecule is C=C(I)C1=C(C)C2Nc3c(C)ccc4c3C23CCN(C)C(C4)C3(O)C1. The Kier molecular flexibility index (Phi) is 3.20. The lowest BCUT2D eigenvalue weighted by Gasteiger charge is -2.63. The van der Waals surface area contributed by atoms with E-state index in [9.17, 15) is 5.11 Å². The molecular weight excluding hydrogens is 423 g/mol. The number of aryl methyl sites for hydroxylation is 1. The van der Waals surface area contributed by atoms with Gasteiger partial charge >= 0.3 is 0 Å². The Balaban J connectivity index is 1.88. The molecule has 0 aromatic heterocycles. The molecule has 2 heterocycles. The maximum atomic E-state index is 12.2. The van der Waals surface area contributed by atoms with E-state index < -0.39 is 5.60 Å². The molecule has 4 heteroatoms. The highest BCUT2D eigenvalue weighted by molar-refractivity contribution is 14.1. The van der Waals surface area contributed by atoms with Crippen LogP contribution in [0.3, 0.4) is 0 Å². The minimum atomic E-state index is -0.729. The van der Waals surface area contributed by atoms with Gasteiger partial charge in [-0.25, -0.2) is 0 Å². The minimum absolute atomic E-state index is 0.172. The van der Waals surface area contributed by atoms with Crippen LogP contribution in [-0.4, -0.2) is 41.3 Å². The van der Waals surface area contributed by atoms with Crippen LogP contribution >= 0.6 is 22.6 Å². The summed E-state index contributed by atoms with van der Waals surface area (Å²) in [7, 11) is 2.18. The highest BCUT2D eigenvalue weighted by Crippen LogP contribution is 2.64. The number of halogens is 1. The zero-order chi connectivity index (χ0) is 17.7. The van der Waals surface area contributed by atoms with E-state index in [-0.39, 0.29) is 17.5 Å². The molecule has 132 valence electrons. The zero-order valence-electron chi connectivity index (χ0n) is 15.1. The molecule has 5 rings (SSSR count). The Labute approximate surface area is 163 Å². The maximum absolute atomic E-state index is 12.2. The van der Waals surface area contributed by atoms with Gasteiger partial charge in [0.15, 0.2) is 0 Å². The van der Waals surface area contributed by atoms with Crippen LogP contribution in [0, 0.1) is 6.92 Å². The van der Waals surface area contributed by atoms with Crippen molar-refractivity contribution in [1.29, 1.82) is 0 Å². The third kappa shape index (κ3) is 1.70. The van der Waals surface area contributed by atoms with Gasteiger partial charge in [0.25, 0.3) is 0 Å². The van der Waals surface area contributed by atoms with Crippen LogP contribution in [0.5, 0.6) is 0 Å². The molecule has 4 atom stereocenters. The number of rotatable bonds is 1. The van der Waals surface area contributed by atoms with Crippen molar-refractivity contribution in [1.82, 2.24) is 4.90 Å². The van der Waals surface area contributed by atoms with Gasteiger partial charge < -0.3 is 15.3 Å². The molecule has 1 aromatic rings. The standard InChI is InChI=1S/C21H25IN2O/c1-11-5-6-14-9-16-21(25)10-15(13(3)22)12(2)19-20(21,7-8-24(16)4)17(14)18(11)23-19/h5-6,16,19,23,25H,3,7-10H2,1-2,4H3. The topological polar surface area (TPSA) is 35.5 Å². The summed E-state index contributed by atoms with van der Waals surface area (Å²) in [5.74, 6) is 0. The lowest BCUT2D eigenvalue weighted by molar-refractivity contribution is -0.143. The van der Waals surface area contributed by atoms with Gasteiger partial charge in [-0.2, -0.15) is 0 Å². The average molecular weight is 448 g/mol. The van der Waals surface area contributed by atoms with Crippen molar-refractivity contribution in [2.24, 2.45) is 0 Å². The number of hydrogen-bond acceptors (Lipinski definition) is 3. The molecule has 0 radical (unpaired) electrons. The fourth-order valence-corrected chi connectivity index (χ4v) is 6.95. The summed E-state index contributed by atoms with van der Waals surface area (Å²) in [5.41, 5.74) is 7.13. The molecule has 2 bridgehead atoms. The average Bonchev–Trinajstić information content (AvgIpc) is 2.91. The maximum Gasteiger partial charge on any atom is 0.0966 e. The van der Waals surface area contributed by atoms with Gasteiger partial charge in [0.1, 0.15) is 0 Å². The van der Waals surface area contributed by atoms with Crippen molar-refractivity contribution in [2.45, 2.75) is 56.2 Å². The van der Waals surface area contributed by atoms with Crippen molar-refractivity contribution in [3.05, 3.63) is 50.1 Å². The second-order valence-corrected chi connectivity index (χ2v) is 9.76. The Hall–Kier alpha value is -0.850. The Morgan fingerprint density at radius 1 is 1.40 bits per heavy atom. The minimum Gasteiger partial charge on any atom is -0.387 e. The quantitative estimate of drug-likeness (QED) is 0.644. The van der Waals surface area contributed by atoms with E-state index >= 15 is 0 Å². The Morgan fingerprint density at radius 2 is 2.16 bits per heavy atom. The van der Waals surface area contributed by atoms with E-state index in [0.717, 1.165) is 29.4 Å². The van der Waals surface area contributed by atoms with Crippen molar-refractivity contribution in [3.8, 4) is 0 Å². The monoisotopic (exact) mass is 448 g/mol. The van der Waals surface area contributed by atoms with E-state index in [1.807, 2.05) is 0 Å². The van der Waals surface area contributed by atoms with Gasteiger partial charge in [0.2, 0.25) is 0 Å². The first kappa shape index (κ1) is 16.3. The van der Waals surface area contributed by atoms with Crippen LogP contribution in [0.25, 0.3) is 0 Å². The van der Waals surface area contributed by atoms with E-state index in [2.05, 4.69) is 72.4 Å². The molecule has 2 aliphatic carbocycles. The second kappa shape index (κ2) is 4.90. The summed E-state index contributed by atoms with van der Waals surface area (Å²) >= 11 is 2.33. The second-order valence-electron chi connectivity index (χ2n) is 8.46. The molecule has 3 nitrogen and oxygen atoms in total. The van der Waals surface area contributed by atoms with E-state index in [4.69, 9.17) is 0 Å². The molecule has 1 saturated heterocycles. The number of benzene rings is 1. The molecule has 4 aliphatic rings. The lowest BCUT2D eigenvalue weighted by Crippen LogP contribution is -2.74. The van der Waals surface area contributed by atoms with Crippen LogP contribution < -0.4 is 5.32 Å². The predicted molar refractivity (Wildman–Crippen MR) is 110 cm³/mol. The van der Waals surface area contributed by atoms with Crippen molar-refractivity contribution in [3.63, 3.8) is 0 Å². The van der Waals surface area contributed by atoms with Gasteiger partial charge in [-0.15, -0.1) is 0 Å². The predicted octanol–water partition coefficient (Wildman–Crippen LogP) is 3.69. The summed E-state index contributed by atoms with van der Waals surface area (Å²) in [6.45, 7) is 9.69. The molecule has 1 spiro atoms. The first-order valence-electron chi connectivity index (χ1n) is 9.18. The Bertz CT molecular complexity index is 860. The molecule has 1 fully saturated rings. The molecule has 2 aliphatic heterocycles. The van der Waals surface area contributed by atoms with E-state index in [0.29, 0.717) is 0 Å². The fraction of sp³-hybridized carbons (Fsp3) is 0.524. The highest BCUT2D eigenvalue weighted by atomic mass is 127. The van der Waals surface area contributed by atoms with Gasteiger partial charge in [0, 0.05) is 21.7 Å². The number of piperidine rings is 1. The van der Waals surface area contributed by atoms with Gasteiger partial charge in [-0.1, -0.05) is 18.7 Å². The van der Waals surface area contributed by atoms with Crippen molar-refractivity contribution < 1.29 is 5.11 Å². The first-order chi connectivity index (χ1) is 11.8. The zero-order valence-corrected chi connectivity index (χ0v) is 17.3. The van der Waals surface area contributed by atoms with Crippen LogP contribution in [-0.2, 0) is 11.8 Å². The first-order valence-corrected chi connectivity index (χ1v) is 10.3. The summed E-state index contributed by atoms with van der Waals surface area (Å²) in [6.07, 6.45) is 2.67. The van der Waals surface area contributed by atoms with Crippen LogP contribution in [0.15, 0.2) is 33.4 Å². The number of likely N-dealkylation sites (N-methyl/N-ethyl adjacent to an activating group) is 1. The number of nitrogens with one attached hydrogen (secondary N) is 1. The number of nitrogens with zero attached hydrogens (tertiary/aromatic N) is 1. The Morgan fingerprint density at radius 3 is 2.88 bits per heavy atom. The smallest absolute Gasteiger partial charge is 0.0966 e. The number of likely N-dealkylation sites (tertiary alicyclic amines) is 1. The van der Waals surface area contributed by atoms with Gasteiger partial charge in [-0.05, 0) is 90.7 Å². The molecular formula is C21H25IN2O. The van der Waals surface area contributed by atoms with Crippen LogP contribution in [0.2, 0.25) is 0 Å². The largest absolute Gasteiger partial charge is 0.387 e. The molecule has 0 saturated carbocycles. The van der Waals surface area contributed by atoms with Gasteiger partial charge in [-0.3, -0.25) is 0 Å². The van der Waals surface area contributed by atoms with Crippen LogP contribution in [0.1, 0.15) is 36.5 Å². The molecule has 0 amide bonds. The fourth-order valence-electron chi connectivity index (χ4n) is 6.33. The highest BCUT2D eigenvalue weighted by Gasteiger charge is 2.70. The number of hydrogen-bond donors (Lipinski definition) is 2. The third-order valence-corrected chi connectivity index (χ3v) is 8.19. The van der Waals surface area contributed by atoms with E-state index in [1.54, 1.807) is 0 Å². The number of allylic oxidation sites excluding steroid dienone is 1. The molecule has 2 N–H and O–H groups in total. The van der Waals surface area contributed by atoms with Crippen molar-refractivity contribution >= 4 is 28.3 Å².